The minimum atomic E-state index is 0. The van der Waals surface area contributed by atoms with Gasteiger partial charge in [0.15, 0.2) is 11.5 Å². The number of fused-ring (bicyclic) bond motifs is 1. The molecule has 1 heterocycles. The molecule has 5 nitrogen and oxygen atoms in total. The molecule has 0 bridgehead atoms. The average Bonchev–Trinajstić information content (AvgIpc) is 3.04. The maximum atomic E-state index is 5.75. The normalized spacial score (nSPS) is 12.2. The topological polar surface area (TPSA) is 46.2 Å². The zero-order chi connectivity index (χ0) is 17.0. The van der Waals surface area contributed by atoms with E-state index in [0.29, 0.717) is 39.8 Å². The molecule has 1 aliphatic rings. The summed E-state index contributed by atoms with van der Waals surface area (Å²) in [6.45, 7) is 8.47. The Balaban J connectivity index is 0.00000312. The third-order valence-electron chi connectivity index (χ3n) is 3.86. The molecule has 1 aromatic rings. The van der Waals surface area contributed by atoms with Crippen LogP contribution in [0.25, 0.3) is 0 Å². The number of hydrogen-bond donors (Lipinski definition) is 0. The van der Waals surface area contributed by atoms with Crippen LogP contribution in [0.4, 0.5) is 0 Å². The van der Waals surface area contributed by atoms with E-state index < -0.39 is 0 Å². The molecule has 0 unspecified atom stereocenters. The predicted molar refractivity (Wildman–Crippen MR) is 101 cm³/mol. The van der Waals surface area contributed by atoms with Gasteiger partial charge in [-0.15, -0.1) is 0 Å². The molecule has 1 aromatic carbocycles. The van der Waals surface area contributed by atoms with E-state index in [1.807, 2.05) is 6.07 Å². The second-order valence-corrected chi connectivity index (χ2v) is 5.86. The standard InChI is InChI=1S/C19H30O5.H2Te/c1-3-5-7-20-8-9-21-10-11-22-14-17-13-19-18(23-15-24-19)12-16(17)6-4-2;/h12-13H,3-11,14-15H2,1-2H3;1H2. The van der Waals surface area contributed by atoms with Gasteiger partial charge in [0.25, 0.3) is 0 Å². The molecular weight excluding hydrogens is 436 g/mol. The summed E-state index contributed by atoms with van der Waals surface area (Å²) in [7, 11) is 0. The van der Waals surface area contributed by atoms with Gasteiger partial charge in [-0.05, 0) is 36.1 Å². The summed E-state index contributed by atoms with van der Waals surface area (Å²) in [5.74, 6) is 1.66. The summed E-state index contributed by atoms with van der Waals surface area (Å²) >= 11 is 0. The molecule has 0 radical (unpaired) electrons. The Morgan fingerprint density at radius 3 is 2.04 bits per heavy atom. The first-order chi connectivity index (χ1) is 11.8. The molecule has 0 amide bonds. The van der Waals surface area contributed by atoms with E-state index in [9.17, 15) is 0 Å². The number of hydrogen-bond acceptors (Lipinski definition) is 5. The molecule has 0 atom stereocenters. The van der Waals surface area contributed by atoms with Crippen molar-refractivity contribution < 1.29 is 23.7 Å². The Morgan fingerprint density at radius 2 is 1.40 bits per heavy atom. The van der Waals surface area contributed by atoms with Gasteiger partial charge in [0, 0.05) is 6.61 Å². The van der Waals surface area contributed by atoms with Gasteiger partial charge in [-0.1, -0.05) is 26.7 Å². The molecule has 0 N–H and O–H groups in total. The summed E-state index contributed by atoms with van der Waals surface area (Å²) in [6.07, 6.45) is 4.38. The molecular formula is C19H32O5Te. The van der Waals surface area contributed by atoms with Crippen LogP contribution in [0.2, 0.25) is 0 Å². The van der Waals surface area contributed by atoms with Crippen LogP contribution in [-0.2, 0) is 27.2 Å². The fourth-order valence-corrected chi connectivity index (χ4v) is 2.53. The van der Waals surface area contributed by atoms with Crippen molar-refractivity contribution in [3.63, 3.8) is 0 Å². The molecule has 0 spiro atoms. The van der Waals surface area contributed by atoms with E-state index >= 15 is 0 Å². The third kappa shape index (κ3) is 8.15. The Kier molecular flexibility index (Phi) is 12.3. The van der Waals surface area contributed by atoms with Gasteiger partial charge in [-0.2, -0.15) is 0 Å². The van der Waals surface area contributed by atoms with Crippen molar-refractivity contribution in [2.75, 3.05) is 39.8 Å². The van der Waals surface area contributed by atoms with Gasteiger partial charge in [-0.3, -0.25) is 0 Å². The average molecular weight is 468 g/mol. The van der Waals surface area contributed by atoms with Gasteiger partial charge in [0.05, 0.1) is 33.0 Å². The predicted octanol–water partition coefficient (Wildman–Crippen LogP) is 2.80. The van der Waals surface area contributed by atoms with E-state index in [1.165, 1.54) is 11.1 Å². The van der Waals surface area contributed by atoms with Crippen LogP contribution in [0, 0.1) is 0 Å². The van der Waals surface area contributed by atoms with Crippen molar-refractivity contribution >= 4 is 23.7 Å². The van der Waals surface area contributed by atoms with Crippen molar-refractivity contribution in [3.8, 4) is 11.5 Å². The van der Waals surface area contributed by atoms with Crippen molar-refractivity contribution in [1.29, 1.82) is 0 Å². The molecule has 0 aromatic heterocycles. The Labute approximate surface area is 168 Å². The first kappa shape index (κ1) is 22.5. The van der Waals surface area contributed by atoms with Gasteiger partial charge in [0.2, 0.25) is 6.79 Å². The van der Waals surface area contributed by atoms with Crippen LogP contribution in [0.15, 0.2) is 12.1 Å². The van der Waals surface area contributed by atoms with Crippen molar-refractivity contribution in [1.82, 2.24) is 0 Å². The van der Waals surface area contributed by atoms with E-state index in [1.54, 1.807) is 0 Å². The molecule has 6 heteroatoms. The Hall–Kier alpha value is -0.510. The van der Waals surface area contributed by atoms with Crippen LogP contribution in [-0.4, -0.2) is 63.5 Å². The molecule has 0 saturated carbocycles. The number of unbranched alkanes of at least 4 members (excludes halogenated alkanes) is 1. The van der Waals surface area contributed by atoms with E-state index in [-0.39, 0.29) is 23.7 Å². The molecule has 144 valence electrons. The number of ether oxygens (including phenoxy) is 5. The molecule has 25 heavy (non-hydrogen) atoms. The fourth-order valence-electron chi connectivity index (χ4n) is 2.53. The first-order valence-electron chi connectivity index (χ1n) is 8.99. The van der Waals surface area contributed by atoms with E-state index in [2.05, 4.69) is 19.9 Å². The SMILES string of the molecule is CCCCOCCOCCOCc1cc2c(cc1CCC)OCO2.[TeH2]. The van der Waals surface area contributed by atoms with E-state index in [0.717, 1.165) is 43.8 Å². The minimum absolute atomic E-state index is 0. The zero-order valence-corrected chi connectivity index (χ0v) is 18.3. The quantitative estimate of drug-likeness (QED) is 0.330. The van der Waals surface area contributed by atoms with Crippen LogP contribution in [0.3, 0.4) is 0 Å². The van der Waals surface area contributed by atoms with Gasteiger partial charge < -0.3 is 23.7 Å². The van der Waals surface area contributed by atoms with Crippen molar-refractivity contribution in [2.24, 2.45) is 0 Å². The zero-order valence-electron chi connectivity index (χ0n) is 15.5. The van der Waals surface area contributed by atoms with Crippen LogP contribution in [0.1, 0.15) is 44.2 Å². The Bertz CT molecular complexity index is 481. The fraction of sp³-hybridized carbons (Fsp3) is 0.684. The van der Waals surface area contributed by atoms with Gasteiger partial charge in [-0.25, -0.2) is 0 Å². The summed E-state index contributed by atoms with van der Waals surface area (Å²) in [4.78, 5) is 0. The Morgan fingerprint density at radius 1 is 0.800 bits per heavy atom. The summed E-state index contributed by atoms with van der Waals surface area (Å²) in [5.41, 5.74) is 2.44. The summed E-state index contributed by atoms with van der Waals surface area (Å²) in [5, 5.41) is 0. The van der Waals surface area contributed by atoms with Crippen LogP contribution < -0.4 is 9.47 Å². The second-order valence-electron chi connectivity index (χ2n) is 5.86. The summed E-state index contributed by atoms with van der Waals surface area (Å²) < 4.78 is 27.6. The first-order valence-corrected chi connectivity index (χ1v) is 8.99. The molecule has 1 aliphatic heterocycles. The van der Waals surface area contributed by atoms with Crippen LogP contribution in [0.5, 0.6) is 11.5 Å². The van der Waals surface area contributed by atoms with Gasteiger partial charge in [0.1, 0.15) is 0 Å². The summed E-state index contributed by atoms with van der Waals surface area (Å²) in [6, 6.07) is 4.12. The van der Waals surface area contributed by atoms with E-state index in [4.69, 9.17) is 23.7 Å². The number of aryl methyl sites for hydroxylation is 1. The molecule has 2 rings (SSSR count). The van der Waals surface area contributed by atoms with Gasteiger partial charge >= 0.3 is 23.7 Å². The van der Waals surface area contributed by atoms with Crippen LogP contribution >= 0.6 is 0 Å². The van der Waals surface area contributed by atoms with Crippen molar-refractivity contribution in [3.05, 3.63) is 23.3 Å². The molecule has 0 saturated heterocycles. The molecule has 0 fully saturated rings. The maximum absolute atomic E-state index is 5.75. The van der Waals surface area contributed by atoms with Crippen molar-refractivity contribution in [2.45, 2.75) is 46.1 Å². The number of rotatable bonds is 13. The molecule has 0 aliphatic carbocycles. The third-order valence-corrected chi connectivity index (χ3v) is 3.86. The number of benzene rings is 1. The second kappa shape index (κ2) is 13.7. The monoisotopic (exact) mass is 470 g/mol.